The molecule has 0 saturated heterocycles. The number of nitrogens with one attached hydrogen (secondary N) is 2. The number of carbonyl (C=O) groups is 1. The van der Waals surface area contributed by atoms with Crippen molar-refractivity contribution >= 4 is 5.91 Å². The van der Waals surface area contributed by atoms with E-state index in [9.17, 15) is 4.79 Å². The molecule has 0 unspecified atom stereocenters. The predicted octanol–water partition coefficient (Wildman–Crippen LogP) is 2.73. The Labute approximate surface area is 154 Å². The molecule has 1 fully saturated rings. The van der Waals surface area contributed by atoms with E-state index >= 15 is 0 Å². The highest BCUT2D eigenvalue weighted by molar-refractivity contribution is 5.87. The molecular formula is C20H27N5O. The topological polar surface area (TPSA) is 73.9 Å². The summed E-state index contributed by atoms with van der Waals surface area (Å²) >= 11 is 0. The van der Waals surface area contributed by atoms with E-state index in [1.807, 2.05) is 55.4 Å². The minimum atomic E-state index is 0.00123. The van der Waals surface area contributed by atoms with Crippen molar-refractivity contribution in [3.8, 4) is 11.4 Å². The van der Waals surface area contributed by atoms with Crippen LogP contribution in [0.15, 0.2) is 42.5 Å². The van der Waals surface area contributed by atoms with Crippen molar-refractivity contribution in [1.82, 2.24) is 25.4 Å². The lowest BCUT2D eigenvalue weighted by Crippen LogP contribution is -2.36. The first-order valence-corrected chi connectivity index (χ1v) is 9.21. The maximum Gasteiger partial charge on any atom is 0.243 e. The second kappa shape index (κ2) is 8.76. The van der Waals surface area contributed by atoms with Gasteiger partial charge in [0, 0.05) is 30.1 Å². The number of likely N-dealkylation sites (N-methyl/N-ethyl adjacent to an activating group) is 1. The number of H-pyrrole nitrogens is 1. The fraction of sp³-hybridized carbons (Fsp3) is 0.450. The molecule has 3 rings (SSSR count). The summed E-state index contributed by atoms with van der Waals surface area (Å²) in [6.45, 7) is 0.773. The number of hydrogen-bond donors (Lipinski definition) is 2. The molecule has 0 atom stereocenters. The zero-order valence-corrected chi connectivity index (χ0v) is 15.5. The zero-order valence-electron chi connectivity index (χ0n) is 15.5. The number of aromatic nitrogens is 3. The Morgan fingerprint density at radius 1 is 1.23 bits per heavy atom. The fourth-order valence-corrected chi connectivity index (χ4v) is 3.30. The van der Waals surface area contributed by atoms with E-state index in [0.29, 0.717) is 5.92 Å². The molecule has 2 N–H and O–H groups in total. The third-order valence-electron chi connectivity index (χ3n) is 4.73. The van der Waals surface area contributed by atoms with Gasteiger partial charge in [-0.1, -0.05) is 36.4 Å². The Morgan fingerprint density at radius 2 is 1.96 bits per heavy atom. The van der Waals surface area contributed by atoms with E-state index in [1.54, 1.807) is 6.08 Å². The van der Waals surface area contributed by atoms with Crippen LogP contribution in [0.2, 0.25) is 0 Å². The van der Waals surface area contributed by atoms with Crippen molar-refractivity contribution < 1.29 is 4.79 Å². The lowest BCUT2D eigenvalue weighted by atomic mass is 9.85. The third kappa shape index (κ3) is 5.02. The van der Waals surface area contributed by atoms with Crippen molar-refractivity contribution in [2.45, 2.75) is 37.6 Å². The summed E-state index contributed by atoms with van der Waals surface area (Å²) in [4.78, 5) is 18.7. The molecule has 0 spiro atoms. The van der Waals surface area contributed by atoms with Gasteiger partial charge in [0.1, 0.15) is 5.82 Å². The molecule has 1 aromatic heterocycles. The second-order valence-electron chi connectivity index (χ2n) is 7.13. The Morgan fingerprint density at radius 3 is 2.65 bits per heavy atom. The monoisotopic (exact) mass is 353 g/mol. The third-order valence-corrected chi connectivity index (χ3v) is 4.73. The van der Waals surface area contributed by atoms with Gasteiger partial charge in [-0.15, -0.1) is 0 Å². The van der Waals surface area contributed by atoms with Crippen LogP contribution in [0.3, 0.4) is 0 Å². The molecule has 1 aromatic carbocycles. The van der Waals surface area contributed by atoms with Crippen LogP contribution in [0, 0.1) is 0 Å². The number of nitrogens with zero attached hydrogens (tertiary/aromatic N) is 3. The molecule has 1 heterocycles. The van der Waals surface area contributed by atoms with Crippen LogP contribution in [0.4, 0.5) is 0 Å². The molecule has 0 bridgehead atoms. The number of hydrogen-bond acceptors (Lipinski definition) is 4. The average molecular weight is 353 g/mol. The molecule has 6 nitrogen and oxygen atoms in total. The van der Waals surface area contributed by atoms with Crippen LogP contribution >= 0.6 is 0 Å². The summed E-state index contributed by atoms with van der Waals surface area (Å²) in [6.07, 6.45) is 7.49. The van der Waals surface area contributed by atoms with Gasteiger partial charge >= 0.3 is 0 Å². The van der Waals surface area contributed by atoms with E-state index in [4.69, 9.17) is 0 Å². The molecule has 138 valence electrons. The Bertz CT molecular complexity index is 730. The number of amides is 1. The van der Waals surface area contributed by atoms with Crippen molar-refractivity contribution in [1.29, 1.82) is 0 Å². The van der Waals surface area contributed by atoms with E-state index in [1.165, 1.54) is 0 Å². The minimum Gasteiger partial charge on any atom is -0.350 e. The van der Waals surface area contributed by atoms with Gasteiger partial charge in [-0.05, 0) is 39.8 Å². The Kier molecular flexibility index (Phi) is 6.17. The number of benzene rings is 1. The summed E-state index contributed by atoms with van der Waals surface area (Å²) in [5.41, 5.74) is 1.03. The molecule has 0 aliphatic heterocycles. The van der Waals surface area contributed by atoms with Crippen LogP contribution in [0.5, 0.6) is 0 Å². The second-order valence-corrected chi connectivity index (χ2v) is 7.13. The van der Waals surface area contributed by atoms with Crippen molar-refractivity contribution in [2.75, 3.05) is 20.6 Å². The Hall–Kier alpha value is -2.47. The quantitative estimate of drug-likeness (QED) is 0.783. The van der Waals surface area contributed by atoms with Gasteiger partial charge in [-0.3, -0.25) is 9.89 Å². The van der Waals surface area contributed by atoms with Crippen molar-refractivity contribution in [3.63, 3.8) is 0 Å². The van der Waals surface area contributed by atoms with E-state index < -0.39 is 0 Å². The summed E-state index contributed by atoms with van der Waals surface area (Å²) in [7, 11) is 3.96. The molecule has 26 heavy (non-hydrogen) atoms. The van der Waals surface area contributed by atoms with Crippen molar-refractivity contribution in [2.24, 2.45) is 0 Å². The van der Waals surface area contributed by atoms with Gasteiger partial charge in [0.05, 0.1) is 0 Å². The SMILES string of the molecule is CN(C)C/C=C/C(=O)NC1CCC(c2nc(-c3ccccc3)n[nH]2)CC1. The zero-order chi connectivity index (χ0) is 18.4. The standard InChI is InChI=1S/C20H27N5O/c1-25(2)14-6-9-18(26)21-17-12-10-16(11-13-17)20-22-19(23-24-20)15-7-4-3-5-8-15/h3-9,16-17H,10-14H2,1-2H3,(H,21,26)(H,22,23,24)/b9-6+. The number of carbonyl (C=O) groups excluding carboxylic acids is 1. The highest BCUT2D eigenvalue weighted by Crippen LogP contribution is 2.31. The van der Waals surface area contributed by atoms with Crippen LogP contribution in [-0.2, 0) is 4.79 Å². The number of aromatic amines is 1. The van der Waals surface area contributed by atoms with Crippen molar-refractivity contribution in [3.05, 3.63) is 48.3 Å². The van der Waals surface area contributed by atoms with Gasteiger partial charge in [0.15, 0.2) is 5.82 Å². The summed E-state index contributed by atoms with van der Waals surface area (Å²) in [5.74, 6) is 2.10. The molecule has 2 aromatic rings. The van der Waals surface area contributed by atoms with Crippen LogP contribution in [0.1, 0.15) is 37.4 Å². The highest BCUT2D eigenvalue weighted by atomic mass is 16.1. The maximum atomic E-state index is 12.0. The summed E-state index contributed by atoms with van der Waals surface area (Å²) < 4.78 is 0. The first-order valence-electron chi connectivity index (χ1n) is 9.21. The summed E-state index contributed by atoms with van der Waals surface area (Å²) in [5, 5.41) is 10.6. The minimum absolute atomic E-state index is 0.00123. The van der Waals surface area contributed by atoms with Gasteiger partial charge in [0.25, 0.3) is 0 Å². The molecule has 6 heteroatoms. The van der Waals surface area contributed by atoms with Gasteiger partial charge < -0.3 is 10.2 Å². The normalized spacial score (nSPS) is 20.6. The van der Waals surface area contributed by atoms with Crippen LogP contribution in [-0.4, -0.2) is 52.7 Å². The first kappa shape index (κ1) is 18.3. The van der Waals surface area contributed by atoms with Gasteiger partial charge in [0.2, 0.25) is 5.91 Å². The largest absolute Gasteiger partial charge is 0.350 e. The highest BCUT2D eigenvalue weighted by Gasteiger charge is 2.25. The Balaban J connectivity index is 1.49. The van der Waals surface area contributed by atoms with E-state index in [2.05, 4.69) is 20.5 Å². The smallest absolute Gasteiger partial charge is 0.243 e. The molecular weight excluding hydrogens is 326 g/mol. The van der Waals surface area contributed by atoms with Crippen LogP contribution in [0.25, 0.3) is 11.4 Å². The first-order chi connectivity index (χ1) is 12.6. The lowest BCUT2D eigenvalue weighted by Gasteiger charge is -2.27. The predicted molar refractivity (Wildman–Crippen MR) is 103 cm³/mol. The van der Waals surface area contributed by atoms with E-state index in [0.717, 1.165) is 49.4 Å². The fourth-order valence-electron chi connectivity index (χ4n) is 3.30. The average Bonchev–Trinajstić information content (AvgIpc) is 3.13. The molecule has 1 amide bonds. The molecule has 1 saturated carbocycles. The molecule has 1 aliphatic rings. The van der Waals surface area contributed by atoms with Crippen LogP contribution < -0.4 is 5.32 Å². The lowest BCUT2D eigenvalue weighted by molar-refractivity contribution is -0.117. The van der Waals surface area contributed by atoms with Gasteiger partial charge in [-0.2, -0.15) is 5.10 Å². The molecule has 0 radical (unpaired) electrons. The van der Waals surface area contributed by atoms with Gasteiger partial charge in [-0.25, -0.2) is 4.98 Å². The number of rotatable bonds is 6. The molecule has 1 aliphatic carbocycles. The van der Waals surface area contributed by atoms with E-state index in [-0.39, 0.29) is 11.9 Å². The maximum absolute atomic E-state index is 12.0. The summed E-state index contributed by atoms with van der Waals surface area (Å²) in [6, 6.07) is 10.3.